The second-order valence-corrected chi connectivity index (χ2v) is 4.60. The van der Waals surface area contributed by atoms with E-state index in [4.69, 9.17) is 0 Å². The fourth-order valence-electron chi connectivity index (χ4n) is 1.39. The van der Waals surface area contributed by atoms with Crippen molar-refractivity contribution < 1.29 is 28.5 Å². The number of aromatic nitrogens is 1. The maximum atomic E-state index is 3.42. The number of benzene rings is 1. The Labute approximate surface area is 127 Å². The molecule has 0 saturated carbocycles. The van der Waals surface area contributed by atoms with Gasteiger partial charge in [-0.3, -0.25) is 0 Å². The SMILES string of the molecule is C[n+]1ccc(/C=C\c2ccc(Br)cc2)cc1.[I-]. The van der Waals surface area contributed by atoms with Crippen molar-refractivity contribution in [2.24, 2.45) is 7.05 Å². The summed E-state index contributed by atoms with van der Waals surface area (Å²) in [6.45, 7) is 0. The Kier molecular flexibility index (Phi) is 5.85. The normalized spacial score (nSPS) is 10.2. The average Bonchev–Trinajstić information content (AvgIpc) is 2.30. The van der Waals surface area contributed by atoms with Gasteiger partial charge in [-0.1, -0.05) is 40.2 Å². The van der Waals surface area contributed by atoms with Crippen LogP contribution in [0.2, 0.25) is 0 Å². The van der Waals surface area contributed by atoms with Crippen LogP contribution in [0.5, 0.6) is 0 Å². The third-order valence-electron chi connectivity index (χ3n) is 2.34. The van der Waals surface area contributed by atoms with Gasteiger partial charge < -0.3 is 24.0 Å². The van der Waals surface area contributed by atoms with E-state index >= 15 is 0 Å². The summed E-state index contributed by atoms with van der Waals surface area (Å²) in [5.41, 5.74) is 2.41. The summed E-state index contributed by atoms with van der Waals surface area (Å²) in [6.07, 6.45) is 8.31. The van der Waals surface area contributed by atoms with Gasteiger partial charge in [0.05, 0.1) is 0 Å². The monoisotopic (exact) mass is 401 g/mol. The number of nitrogens with zero attached hydrogens (tertiary/aromatic N) is 1. The minimum Gasteiger partial charge on any atom is -1.00 e. The van der Waals surface area contributed by atoms with Gasteiger partial charge in [0.25, 0.3) is 0 Å². The minimum atomic E-state index is 0. The fraction of sp³-hybridized carbons (Fsp3) is 0.0714. The highest BCUT2D eigenvalue weighted by atomic mass is 127. The Morgan fingerprint density at radius 1 is 0.882 bits per heavy atom. The zero-order valence-electron chi connectivity index (χ0n) is 9.48. The predicted octanol–water partition coefficient (Wildman–Crippen LogP) is 0.448. The summed E-state index contributed by atoms with van der Waals surface area (Å²) >= 11 is 3.42. The molecule has 1 heterocycles. The van der Waals surface area contributed by atoms with E-state index in [-0.39, 0.29) is 24.0 Å². The van der Waals surface area contributed by atoms with Gasteiger partial charge in [-0.2, -0.15) is 0 Å². The summed E-state index contributed by atoms with van der Waals surface area (Å²) in [7, 11) is 2.02. The van der Waals surface area contributed by atoms with E-state index in [1.54, 1.807) is 0 Å². The Balaban J connectivity index is 0.00000144. The molecule has 0 atom stereocenters. The maximum absolute atomic E-state index is 3.42. The molecule has 0 aliphatic rings. The number of aryl methyl sites for hydroxylation is 1. The molecule has 1 aromatic carbocycles. The molecule has 0 unspecified atom stereocenters. The first-order chi connectivity index (χ1) is 7.74. The molecule has 2 rings (SSSR count). The zero-order chi connectivity index (χ0) is 11.4. The largest absolute Gasteiger partial charge is 1.00 e. The third-order valence-corrected chi connectivity index (χ3v) is 2.87. The molecule has 0 fully saturated rings. The Morgan fingerprint density at radius 2 is 1.35 bits per heavy atom. The Hall–Kier alpha value is -0.680. The van der Waals surface area contributed by atoms with Gasteiger partial charge in [-0.15, -0.1) is 0 Å². The van der Waals surface area contributed by atoms with E-state index in [9.17, 15) is 0 Å². The summed E-state index contributed by atoms with van der Waals surface area (Å²) in [6, 6.07) is 12.5. The molecule has 0 bridgehead atoms. The fourth-order valence-corrected chi connectivity index (χ4v) is 1.65. The molecule has 0 radical (unpaired) electrons. The van der Waals surface area contributed by atoms with E-state index in [0.29, 0.717) is 0 Å². The minimum absolute atomic E-state index is 0. The van der Waals surface area contributed by atoms with Crippen molar-refractivity contribution in [1.82, 2.24) is 0 Å². The lowest BCUT2D eigenvalue weighted by Crippen LogP contribution is -3.00. The number of hydrogen-bond acceptors (Lipinski definition) is 0. The van der Waals surface area contributed by atoms with Crippen LogP contribution in [-0.4, -0.2) is 0 Å². The molecular formula is C14H13BrIN. The summed E-state index contributed by atoms with van der Waals surface area (Å²) in [4.78, 5) is 0. The van der Waals surface area contributed by atoms with Gasteiger partial charge in [0, 0.05) is 16.6 Å². The molecule has 0 spiro atoms. The first-order valence-corrected chi connectivity index (χ1v) is 5.92. The van der Waals surface area contributed by atoms with Crippen LogP contribution in [-0.2, 0) is 7.05 Å². The zero-order valence-corrected chi connectivity index (χ0v) is 13.2. The van der Waals surface area contributed by atoms with Crippen molar-refractivity contribution in [3.05, 3.63) is 64.4 Å². The van der Waals surface area contributed by atoms with Crippen molar-refractivity contribution in [3.63, 3.8) is 0 Å². The molecule has 0 amide bonds. The third kappa shape index (κ3) is 4.60. The van der Waals surface area contributed by atoms with Crippen LogP contribution in [0, 0.1) is 0 Å². The van der Waals surface area contributed by atoms with Crippen LogP contribution in [0.1, 0.15) is 11.1 Å². The summed E-state index contributed by atoms with van der Waals surface area (Å²) in [5, 5.41) is 0. The Morgan fingerprint density at radius 3 is 1.88 bits per heavy atom. The molecule has 3 heteroatoms. The standard InChI is InChI=1S/C14H13BrN.HI/c1-16-10-8-13(9-11-16)3-2-12-4-6-14(15)7-5-12;/h2-11H,1H3;1H/q+1;/p-1/b3-2-;. The summed E-state index contributed by atoms with van der Waals surface area (Å²) in [5.74, 6) is 0. The Bertz CT molecular complexity index is 441. The van der Waals surface area contributed by atoms with Gasteiger partial charge in [0.1, 0.15) is 7.05 Å². The topological polar surface area (TPSA) is 3.88 Å². The quantitative estimate of drug-likeness (QED) is 0.508. The molecule has 88 valence electrons. The van der Waals surface area contributed by atoms with Gasteiger partial charge in [0.15, 0.2) is 12.4 Å². The highest BCUT2D eigenvalue weighted by Crippen LogP contribution is 2.12. The molecule has 1 aromatic heterocycles. The van der Waals surface area contributed by atoms with E-state index in [1.807, 2.05) is 36.1 Å². The van der Waals surface area contributed by atoms with Crippen LogP contribution < -0.4 is 28.5 Å². The van der Waals surface area contributed by atoms with Crippen molar-refractivity contribution in [1.29, 1.82) is 0 Å². The van der Waals surface area contributed by atoms with Crippen molar-refractivity contribution >= 4 is 28.1 Å². The van der Waals surface area contributed by atoms with E-state index in [2.05, 4.69) is 52.3 Å². The lowest BCUT2D eigenvalue weighted by molar-refractivity contribution is -0.671. The van der Waals surface area contributed by atoms with Gasteiger partial charge in [-0.05, 0) is 23.3 Å². The summed E-state index contributed by atoms with van der Waals surface area (Å²) < 4.78 is 3.13. The van der Waals surface area contributed by atoms with E-state index in [1.165, 1.54) is 11.1 Å². The molecule has 0 aliphatic heterocycles. The van der Waals surface area contributed by atoms with Crippen molar-refractivity contribution in [2.75, 3.05) is 0 Å². The van der Waals surface area contributed by atoms with Gasteiger partial charge in [-0.25, -0.2) is 4.57 Å². The van der Waals surface area contributed by atoms with Crippen LogP contribution in [0.3, 0.4) is 0 Å². The molecule has 0 saturated heterocycles. The highest BCUT2D eigenvalue weighted by Gasteiger charge is 1.92. The maximum Gasteiger partial charge on any atom is 0.169 e. The second-order valence-electron chi connectivity index (χ2n) is 3.68. The molecule has 2 aromatic rings. The molecule has 0 aliphatic carbocycles. The number of pyridine rings is 1. The molecular weight excluding hydrogens is 389 g/mol. The van der Waals surface area contributed by atoms with Crippen LogP contribution in [0.15, 0.2) is 53.3 Å². The van der Waals surface area contributed by atoms with Crippen LogP contribution in [0.4, 0.5) is 0 Å². The highest BCUT2D eigenvalue weighted by molar-refractivity contribution is 9.10. The average molecular weight is 402 g/mol. The lowest BCUT2D eigenvalue weighted by atomic mass is 10.1. The smallest absolute Gasteiger partial charge is 0.169 e. The van der Waals surface area contributed by atoms with Gasteiger partial charge in [0.2, 0.25) is 0 Å². The second kappa shape index (κ2) is 6.91. The first kappa shape index (κ1) is 14.4. The number of rotatable bonds is 2. The first-order valence-electron chi connectivity index (χ1n) is 5.13. The van der Waals surface area contributed by atoms with Crippen LogP contribution in [0.25, 0.3) is 12.2 Å². The molecule has 0 N–H and O–H groups in total. The molecule has 17 heavy (non-hydrogen) atoms. The molecule has 1 nitrogen and oxygen atoms in total. The van der Waals surface area contributed by atoms with E-state index < -0.39 is 0 Å². The van der Waals surface area contributed by atoms with Crippen LogP contribution >= 0.6 is 15.9 Å². The van der Waals surface area contributed by atoms with Gasteiger partial charge >= 0.3 is 0 Å². The van der Waals surface area contributed by atoms with E-state index in [0.717, 1.165) is 4.47 Å². The van der Waals surface area contributed by atoms with Crippen molar-refractivity contribution in [3.8, 4) is 0 Å². The number of halogens is 2. The lowest BCUT2D eigenvalue weighted by Gasteiger charge is -1.94. The number of hydrogen-bond donors (Lipinski definition) is 0. The van der Waals surface area contributed by atoms with Crippen molar-refractivity contribution in [2.45, 2.75) is 0 Å². The predicted molar refractivity (Wildman–Crippen MR) is 70.7 cm³/mol.